The number of hydrogen-bond donors (Lipinski definition) is 0. The molecule has 144 valence electrons. The summed E-state index contributed by atoms with van der Waals surface area (Å²) in [6, 6.07) is 10.4. The van der Waals surface area contributed by atoms with E-state index in [4.69, 9.17) is 27.0 Å². The third-order valence-electron chi connectivity index (χ3n) is 5.25. The Morgan fingerprint density at radius 3 is 2.56 bits per heavy atom. The number of nitrogens with zero attached hydrogens (tertiary/aromatic N) is 7. The first kappa shape index (κ1) is 18.1. The molecule has 1 aromatic heterocycles. The third-order valence-corrected chi connectivity index (χ3v) is 5.69. The van der Waals surface area contributed by atoms with Crippen LogP contribution in [0.4, 0.5) is 11.9 Å². The predicted octanol–water partition coefficient (Wildman–Crippen LogP) is 1.39. The van der Waals surface area contributed by atoms with Crippen molar-refractivity contribution < 1.29 is 4.74 Å². The Morgan fingerprint density at radius 1 is 1.15 bits per heavy atom. The highest BCUT2D eigenvalue weighted by atomic mass is 32.1. The lowest BCUT2D eigenvalue weighted by atomic mass is 10.2. The van der Waals surface area contributed by atoms with Crippen molar-refractivity contribution in [1.29, 1.82) is 0 Å². The summed E-state index contributed by atoms with van der Waals surface area (Å²) in [5.41, 5.74) is 1.22. The van der Waals surface area contributed by atoms with E-state index in [1.165, 1.54) is 5.56 Å². The number of hydrazine groups is 1. The highest BCUT2D eigenvalue weighted by molar-refractivity contribution is 7.80. The Hall–Kier alpha value is -2.23. The van der Waals surface area contributed by atoms with Gasteiger partial charge in [-0.25, -0.2) is 0 Å². The summed E-state index contributed by atoms with van der Waals surface area (Å²) in [4.78, 5) is 9.28. The molecule has 0 N–H and O–H groups in total. The Kier molecular flexibility index (Phi) is 4.98. The van der Waals surface area contributed by atoms with Crippen molar-refractivity contribution in [3.05, 3.63) is 35.9 Å². The Morgan fingerprint density at radius 2 is 1.85 bits per heavy atom. The lowest BCUT2D eigenvalue weighted by Gasteiger charge is -2.36. The van der Waals surface area contributed by atoms with E-state index in [9.17, 15) is 0 Å². The molecule has 27 heavy (non-hydrogen) atoms. The zero-order valence-corrected chi connectivity index (χ0v) is 16.8. The summed E-state index contributed by atoms with van der Waals surface area (Å²) in [7, 11) is 4.00. The van der Waals surface area contributed by atoms with Crippen molar-refractivity contribution >= 4 is 29.2 Å². The normalized spacial score (nSPS) is 21.4. The lowest BCUT2D eigenvalue weighted by Crippen LogP contribution is -2.51. The first-order valence-corrected chi connectivity index (χ1v) is 9.58. The fraction of sp³-hybridized carbons (Fsp3) is 0.500. The number of rotatable bonds is 3. The number of anilines is 2. The quantitative estimate of drug-likeness (QED) is 0.733. The second-order valence-electron chi connectivity index (χ2n) is 6.85. The van der Waals surface area contributed by atoms with Crippen molar-refractivity contribution in [1.82, 2.24) is 24.8 Å². The summed E-state index contributed by atoms with van der Waals surface area (Å²) in [6.45, 7) is 5.85. The van der Waals surface area contributed by atoms with E-state index in [2.05, 4.69) is 46.0 Å². The number of aromatic nitrogens is 3. The standard InChI is InChI=1S/C18H25N7OS/c1-14-21(2)22(3)18(27)25-17(24(14)13-15-7-5-4-6-8-15)19-16(20-25)23-9-11-26-12-10-23/h4-8,14H,9-13H2,1-3H3. The van der Waals surface area contributed by atoms with E-state index >= 15 is 0 Å². The Bertz CT molecular complexity index is 805. The molecule has 1 atom stereocenters. The van der Waals surface area contributed by atoms with Crippen LogP contribution in [-0.2, 0) is 11.3 Å². The molecular weight excluding hydrogens is 362 g/mol. The van der Waals surface area contributed by atoms with Gasteiger partial charge in [-0.15, -0.1) is 5.10 Å². The van der Waals surface area contributed by atoms with Gasteiger partial charge in [0.05, 0.1) is 19.4 Å². The van der Waals surface area contributed by atoms with E-state index in [1.54, 1.807) is 4.68 Å². The minimum Gasteiger partial charge on any atom is -0.378 e. The van der Waals surface area contributed by atoms with Crippen LogP contribution in [0, 0.1) is 0 Å². The van der Waals surface area contributed by atoms with Crippen LogP contribution >= 0.6 is 12.2 Å². The highest BCUT2D eigenvalue weighted by Gasteiger charge is 2.34. The molecular formula is C18H25N7OS. The van der Waals surface area contributed by atoms with E-state index in [-0.39, 0.29) is 6.17 Å². The van der Waals surface area contributed by atoms with Crippen molar-refractivity contribution in [2.45, 2.75) is 19.6 Å². The van der Waals surface area contributed by atoms with Gasteiger partial charge in [-0.1, -0.05) is 30.3 Å². The average molecular weight is 388 g/mol. The Balaban J connectivity index is 1.74. The van der Waals surface area contributed by atoms with Crippen LogP contribution in [-0.4, -0.2) is 76.5 Å². The van der Waals surface area contributed by atoms with Crippen LogP contribution in [0.15, 0.2) is 30.3 Å². The molecule has 0 radical (unpaired) electrons. The second-order valence-corrected chi connectivity index (χ2v) is 7.21. The van der Waals surface area contributed by atoms with Crippen molar-refractivity contribution in [3.63, 3.8) is 0 Å². The van der Waals surface area contributed by atoms with Gasteiger partial charge in [0.1, 0.15) is 0 Å². The zero-order valence-electron chi connectivity index (χ0n) is 15.9. The fourth-order valence-electron chi connectivity index (χ4n) is 3.38. The molecule has 1 aromatic carbocycles. The molecule has 4 rings (SSSR count). The van der Waals surface area contributed by atoms with Gasteiger partial charge < -0.3 is 14.5 Å². The van der Waals surface area contributed by atoms with Gasteiger partial charge in [0.25, 0.3) is 0 Å². The molecule has 9 heteroatoms. The smallest absolute Gasteiger partial charge is 0.247 e. The van der Waals surface area contributed by atoms with Gasteiger partial charge in [0.2, 0.25) is 17.0 Å². The molecule has 2 aliphatic rings. The molecule has 8 nitrogen and oxygen atoms in total. The maximum atomic E-state index is 5.71. The summed E-state index contributed by atoms with van der Waals surface area (Å²) in [5.74, 6) is 1.48. The number of benzene rings is 1. The molecule has 3 heterocycles. The highest BCUT2D eigenvalue weighted by Crippen LogP contribution is 2.27. The first-order chi connectivity index (χ1) is 13.1. The van der Waals surface area contributed by atoms with E-state index in [0.29, 0.717) is 24.3 Å². The van der Waals surface area contributed by atoms with Gasteiger partial charge in [-0.2, -0.15) is 14.7 Å². The van der Waals surface area contributed by atoms with E-state index < -0.39 is 0 Å². The summed E-state index contributed by atoms with van der Waals surface area (Å²) < 4.78 is 7.24. The SMILES string of the molecule is CC1N(Cc2ccccc2)c2nc(N3CCOCC3)nn2C(=S)N(C)N1C. The number of hydrogen-bond acceptors (Lipinski definition) is 7. The molecule has 2 aliphatic heterocycles. The van der Waals surface area contributed by atoms with Gasteiger partial charge in [-0.05, 0) is 24.7 Å². The summed E-state index contributed by atoms with van der Waals surface area (Å²) in [6.07, 6.45) is 0.0659. The third kappa shape index (κ3) is 3.38. The van der Waals surface area contributed by atoms with Crippen LogP contribution < -0.4 is 9.80 Å². The molecule has 0 aliphatic carbocycles. The molecule has 0 saturated carbocycles. The minimum atomic E-state index is 0.0659. The lowest BCUT2D eigenvalue weighted by molar-refractivity contribution is 0.0612. The molecule has 1 unspecified atom stereocenters. The van der Waals surface area contributed by atoms with E-state index in [1.807, 2.05) is 25.2 Å². The van der Waals surface area contributed by atoms with Crippen LogP contribution in [0.2, 0.25) is 0 Å². The number of fused-ring (bicyclic) bond motifs is 1. The maximum Gasteiger partial charge on any atom is 0.247 e. The molecule has 1 fully saturated rings. The van der Waals surface area contributed by atoms with Crippen molar-refractivity contribution in [2.24, 2.45) is 0 Å². The van der Waals surface area contributed by atoms with Gasteiger partial charge >= 0.3 is 0 Å². The topological polar surface area (TPSA) is 52.9 Å². The molecule has 0 amide bonds. The summed E-state index contributed by atoms with van der Waals surface area (Å²) >= 11 is 5.71. The van der Waals surface area contributed by atoms with Crippen LogP contribution in [0.25, 0.3) is 0 Å². The average Bonchev–Trinajstić information content (AvgIpc) is 3.14. The van der Waals surface area contributed by atoms with Crippen molar-refractivity contribution in [2.75, 3.05) is 50.2 Å². The van der Waals surface area contributed by atoms with Gasteiger partial charge in [0, 0.05) is 33.7 Å². The number of thiocarbonyl (C=S) groups is 1. The predicted molar refractivity (Wildman–Crippen MR) is 109 cm³/mol. The zero-order chi connectivity index (χ0) is 19.0. The molecule has 0 spiro atoms. The molecule has 2 aromatic rings. The number of morpholine rings is 1. The van der Waals surface area contributed by atoms with Gasteiger partial charge in [0.15, 0.2) is 0 Å². The molecule has 1 saturated heterocycles. The Labute approximate surface area is 164 Å². The van der Waals surface area contributed by atoms with Crippen LogP contribution in [0.1, 0.15) is 12.5 Å². The van der Waals surface area contributed by atoms with Crippen molar-refractivity contribution in [3.8, 4) is 0 Å². The van der Waals surface area contributed by atoms with Crippen LogP contribution in [0.5, 0.6) is 0 Å². The van der Waals surface area contributed by atoms with E-state index in [0.717, 1.165) is 25.6 Å². The largest absolute Gasteiger partial charge is 0.378 e. The maximum absolute atomic E-state index is 5.71. The second kappa shape index (κ2) is 7.41. The fourth-order valence-corrected chi connectivity index (χ4v) is 3.63. The monoisotopic (exact) mass is 387 g/mol. The summed E-state index contributed by atoms with van der Waals surface area (Å²) in [5, 5.41) is 9.42. The number of ether oxygens (including phenoxy) is 1. The first-order valence-electron chi connectivity index (χ1n) is 9.17. The minimum absolute atomic E-state index is 0.0659. The van der Waals surface area contributed by atoms with Crippen LogP contribution in [0.3, 0.4) is 0 Å². The van der Waals surface area contributed by atoms with Gasteiger partial charge in [-0.3, -0.25) is 5.01 Å². The molecule has 0 bridgehead atoms.